The molecule has 5 nitrogen and oxygen atoms in total. The van der Waals surface area contributed by atoms with Crippen molar-refractivity contribution in [3.8, 4) is 17.2 Å². The minimum absolute atomic E-state index is 0.199. The van der Waals surface area contributed by atoms with E-state index < -0.39 is 0 Å². The zero-order chi connectivity index (χ0) is 20.8. The average Bonchev–Trinajstić information content (AvgIpc) is 3.02. The molecule has 1 fully saturated rings. The van der Waals surface area contributed by atoms with Gasteiger partial charge in [0.25, 0.3) is 5.91 Å². The molecule has 1 saturated heterocycles. The van der Waals surface area contributed by atoms with Gasteiger partial charge < -0.3 is 19.5 Å². The summed E-state index contributed by atoms with van der Waals surface area (Å²) < 4.78 is 17.7. The van der Waals surface area contributed by atoms with Gasteiger partial charge in [-0.2, -0.15) is 0 Å². The monoisotopic (exact) mass is 429 g/mol. The van der Waals surface area contributed by atoms with E-state index in [1.54, 1.807) is 13.2 Å². The van der Waals surface area contributed by atoms with Crippen LogP contribution in [0.25, 0.3) is 6.08 Å². The van der Waals surface area contributed by atoms with Gasteiger partial charge in [-0.15, -0.1) is 0 Å². The van der Waals surface area contributed by atoms with Crippen LogP contribution in [0.1, 0.15) is 23.1 Å². The third-order valence-electron chi connectivity index (χ3n) is 4.44. The Hall–Kier alpha value is -2.51. The molecule has 0 bridgehead atoms. The first-order valence-electron chi connectivity index (χ1n) is 9.22. The minimum atomic E-state index is -0.199. The second-order valence-electron chi connectivity index (χ2n) is 6.53. The smallest absolute Gasteiger partial charge is 0.263 e. The number of thiocarbonyl (C=S) groups is 1. The lowest BCUT2D eigenvalue weighted by molar-refractivity contribution is -0.115. The number of rotatable bonds is 8. The van der Waals surface area contributed by atoms with Crippen molar-refractivity contribution in [2.75, 3.05) is 20.3 Å². The molecule has 1 heterocycles. The van der Waals surface area contributed by atoms with Crippen LogP contribution in [0.3, 0.4) is 0 Å². The number of carbonyl (C=O) groups excluding carboxylic acids is 1. The number of nitrogens with one attached hydrogen (secondary N) is 1. The van der Waals surface area contributed by atoms with E-state index in [9.17, 15) is 4.79 Å². The van der Waals surface area contributed by atoms with E-state index in [4.69, 9.17) is 26.4 Å². The minimum Gasteiger partial charge on any atom is -0.493 e. The summed E-state index contributed by atoms with van der Waals surface area (Å²) in [6.07, 6.45) is 2.48. The molecule has 29 heavy (non-hydrogen) atoms. The second kappa shape index (κ2) is 9.80. The SMILES string of the molecule is COc1cccc(C=C2SC(=S)NC2=O)c1OCCCOc1ccc(C)c(C)c1. The van der Waals surface area contributed by atoms with E-state index in [-0.39, 0.29) is 5.91 Å². The fourth-order valence-corrected chi connectivity index (χ4v) is 3.79. The maximum absolute atomic E-state index is 12.0. The maximum Gasteiger partial charge on any atom is 0.263 e. The van der Waals surface area contributed by atoms with Crippen LogP contribution in [-0.4, -0.2) is 30.6 Å². The summed E-state index contributed by atoms with van der Waals surface area (Å²) in [6, 6.07) is 11.6. The van der Waals surface area contributed by atoms with E-state index in [0.29, 0.717) is 40.4 Å². The van der Waals surface area contributed by atoms with Crippen molar-refractivity contribution in [2.45, 2.75) is 20.3 Å². The highest BCUT2D eigenvalue weighted by molar-refractivity contribution is 8.26. The van der Waals surface area contributed by atoms with Crippen LogP contribution >= 0.6 is 24.0 Å². The van der Waals surface area contributed by atoms with E-state index in [1.807, 2.05) is 30.3 Å². The number of carbonyl (C=O) groups is 1. The molecule has 152 valence electrons. The topological polar surface area (TPSA) is 56.8 Å². The molecule has 0 unspecified atom stereocenters. The quantitative estimate of drug-likeness (QED) is 0.375. The van der Waals surface area contributed by atoms with Crippen molar-refractivity contribution in [2.24, 2.45) is 0 Å². The van der Waals surface area contributed by atoms with Crippen LogP contribution in [-0.2, 0) is 4.79 Å². The number of aryl methyl sites for hydroxylation is 2. The van der Waals surface area contributed by atoms with Crippen LogP contribution in [0.2, 0.25) is 0 Å². The van der Waals surface area contributed by atoms with Gasteiger partial charge in [0, 0.05) is 12.0 Å². The van der Waals surface area contributed by atoms with Gasteiger partial charge >= 0.3 is 0 Å². The molecule has 1 amide bonds. The third-order valence-corrected chi connectivity index (χ3v) is 5.60. The highest BCUT2D eigenvalue weighted by atomic mass is 32.2. The van der Waals surface area contributed by atoms with Gasteiger partial charge in [0.15, 0.2) is 11.5 Å². The zero-order valence-corrected chi connectivity index (χ0v) is 18.2. The molecule has 0 radical (unpaired) electrons. The Morgan fingerprint density at radius 2 is 1.90 bits per heavy atom. The van der Waals surface area contributed by atoms with Crippen molar-refractivity contribution < 1.29 is 19.0 Å². The summed E-state index contributed by atoms with van der Waals surface area (Å²) >= 11 is 6.28. The molecular weight excluding hydrogens is 406 g/mol. The van der Waals surface area contributed by atoms with Crippen molar-refractivity contribution in [3.05, 3.63) is 58.0 Å². The third kappa shape index (κ3) is 5.52. The Labute approximate surface area is 180 Å². The zero-order valence-electron chi connectivity index (χ0n) is 16.6. The van der Waals surface area contributed by atoms with Gasteiger partial charge in [-0.1, -0.05) is 42.2 Å². The van der Waals surface area contributed by atoms with Crippen molar-refractivity contribution >= 4 is 40.3 Å². The van der Waals surface area contributed by atoms with Crippen molar-refractivity contribution in [3.63, 3.8) is 0 Å². The molecule has 7 heteroatoms. The lowest BCUT2D eigenvalue weighted by Crippen LogP contribution is -2.17. The number of methoxy groups -OCH3 is 1. The summed E-state index contributed by atoms with van der Waals surface area (Å²) in [7, 11) is 1.59. The Morgan fingerprint density at radius 3 is 2.59 bits per heavy atom. The Kier molecular flexibility index (Phi) is 7.17. The molecular formula is C22H23NO4S2. The number of amides is 1. The van der Waals surface area contributed by atoms with Crippen molar-refractivity contribution in [1.82, 2.24) is 5.32 Å². The van der Waals surface area contributed by atoms with Gasteiger partial charge in [-0.25, -0.2) is 0 Å². The number of para-hydroxylation sites is 1. The van der Waals surface area contributed by atoms with Crippen LogP contribution in [0.15, 0.2) is 41.3 Å². The van der Waals surface area contributed by atoms with E-state index in [0.717, 1.165) is 11.3 Å². The fourth-order valence-electron chi connectivity index (χ4n) is 2.75. The Morgan fingerprint density at radius 1 is 1.10 bits per heavy atom. The fraction of sp³-hybridized carbons (Fsp3) is 0.273. The molecule has 0 aromatic heterocycles. The Bertz CT molecular complexity index is 956. The summed E-state index contributed by atoms with van der Waals surface area (Å²) in [5, 5.41) is 2.62. The highest BCUT2D eigenvalue weighted by Gasteiger charge is 2.23. The first-order chi connectivity index (χ1) is 14.0. The molecule has 0 saturated carbocycles. The molecule has 2 aromatic carbocycles. The number of thioether (sulfide) groups is 1. The van der Waals surface area contributed by atoms with Crippen LogP contribution < -0.4 is 19.5 Å². The highest BCUT2D eigenvalue weighted by Crippen LogP contribution is 2.35. The van der Waals surface area contributed by atoms with Crippen LogP contribution in [0.4, 0.5) is 0 Å². The molecule has 1 aliphatic heterocycles. The van der Waals surface area contributed by atoms with Crippen molar-refractivity contribution in [1.29, 1.82) is 0 Å². The summed E-state index contributed by atoms with van der Waals surface area (Å²) in [5.41, 5.74) is 3.22. The largest absolute Gasteiger partial charge is 0.493 e. The standard InChI is InChI=1S/C22H23NO4S2/c1-14-8-9-17(12-15(14)2)26-10-5-11-27-20-16(6-4-7-18(20)25-3)13-19-21(24)23-22(28)29-19/h4,6-9,12-13H,5,10-11H2,1-3H3,(H,23,24,28). The first-order valence-corrected chi connectivity index (χ1v) is 10.4. The van der Waals surface area contributed by atoms with Gasteiger partial charge in [-0.3, -0.25) is 4.79 Å². The Balaban J connectivity index is 1.62. The average molecular weight is 430 g/mol. The van der Waals surface area contributed by atoms with E-state index in [2.05, 4.69) is 25.2 Å². The van der Waals surface area contributed by atoms with E-state index in [1.165, 1.54) is 22.9 Å². The van der Waals surface area contributed by atoms with Crippen LogP contribution in [0.5, 0.6) is 17.2 Å². The molecule has 1 aliphatic rings. The van der Waals surface area contributed by atoms with Gasteiger partial charge in [0.1, 0.15) is 10.1 Å². The lowest BCUT2D eigenvalue weighted by Gasteiger charge is -2.14. The van der Waals surface area contributed by atoms with E-state index >= 15 is 0 Å². The first kappa shape index (κ1) is 21.2. The molecule has 3 rings (SSSR count). The molecule has 0 atom stereocenters. The number of hydrogen-bond acceptors (Lipinski definition) is 6. The number of hydrogen-bond donors (Lipinski definition) is 1. The molecule has 0 aliphatic carbocycles. The van der Waals surface area contributed by atoms with Gasteiger partial charge in [0.05, 0.1) is 25.2 Å². The lowest BCUT2D eigenvalue weighted by atomic mass is 10.1. The van der Waals surface area contributed by atoms with Crippen LogP contribution in [0, 0.1) is 13.8 Å². The number of benzene rings is 2. The summed E-state index contributed by atoms with van der Waals surface area (Å²) in [5.74, 6) is 1.87. The normalized spacial score (nSPS) is 14.8. The maximum atomic E-state index is 12.0. The predicted octanol–water partition coefficient (Wildman–Crippen LogP) is 4.65. The summed E-state index contributed by atoms with van der Waals surface area (Å²) in [4.78, 5) is 12.5. The molecule has 0 spiro atoms. The van der Waals surface area contributed by atoms with Gasteiger partial charge in [-0.05, 0) is 49.2 Å². The second-order valence-corrected chi connectivity index (χ2v) is 8.25. The molecule has 2 aromatic rings. The van der Waals surface area contributed by atoms with Gasteiger partial charge in [0.2, 0.25) is 0 Å². The molecule has 1 N–H and O–H groups in total. The predicted molar refractivity (Wildman–Crippen MR) is 121 cm³/mol. The summed E-state index contributed by atoms with van der Waals surface area (Å²) in [6.45, 7) is 5.15. The number of ether oxygens (including phenoxy) is 3.